The van der Waals surface area contributed by atoms with Crippen LogP contribution in [0.1, 0.15) is 52.0 Å². The molecular formula is C29H36ClNO6. The summed E-state index contributed by atoms with van der Waals surface area (Å²) >= 11 is 6.23. The molecule has 2 atom stereocenters. The fourth-order valence-electron chi connectivity index (χ4n) is 4.92. The minimum absolute atomic E-state index is 0.0197. The predicted molar refractivity (Wildman–Crippen MR) is 141 cm³/mol. The Morgan fingerprint density at radius 1 is 1.14 bits per heavy atom. The van der Waals surface area contributed by atoms with Gasteiger partial charge in [-0.25, -0.2) is 4.79 Å². The molecule has 2 fully saturated rings. The summed E-state index contributed by atoms with van der Waals surface area (Å²) in [6.45, 7) is 7.08. The zero-order chi connectivity index (χ0) is 26.4. The van der Waals surface area contributed by atoms with E-state index >= 15 is 0 Å². The van der Waals surface area contributed by atoms with Crippen molar-refractivity contribution in [2.24, 2.45) is 5.92 Å². The normalized spacial score (nSPS) is 20.4. The van der Waals surface area contributed by atoms with Crippen LogP contribution in [0.25, 0.3) is 0 Å². The lowest BCUT2D eigenvalue weighted by Gasteiger charge is -2.35. The summed E-state index contributed by atoms with van der Waals surface area (Å²) in [6.07, 6.45) is 2.51. The first-order valence-electron chi connectivity index (χ1n) is 13.1. The molecule has 1 amide bonds. The molecule has 37 heavy (non-hydrogen) atoms. The maximum absolute atomic E-state index is 13.7. The number of benzene rings is 2. The number of esters is 1. The highest BCUT2D eigenvalue weighted by Gasteiger charge is 2.48. The molecule has 2 aliphatic rings. The van der Waals surface area contributed by atoms with Crippen LogP contribution < -0.4 is 9.47 Å². The van der Waals surface area contributed by atoms with Gasteiger partial charge in [0.1, 0.15) is 17.6 Å². The lowest BCUT2D eigenvalue weighted by molar-refractivity contribution is -0.163. The van der Waals surface area contributed by atoms with Gasteiger partial charge in [0, 0.05) is 39.8 Å². The van der Waals surface area contributed by atoms with E-state index < -0.39 is 23.8 Å². The van der Waals surface area contributed by atoms with Crippen molar-refractivity contribution in [2.75, 3.05) is 19.7 Å². The Morgan fingerprint density at radius 2 is 1.84 bits per heavy atom. The summed E-state index contributed by atoms with van der Waals surface area (Å²) < 4.78 is 22.9. The van der Waals surface area contributed by atoms with E-state index in [0.717, 1.165) is 24.2 Å². The number of hydrogen-bond acceptors (Lipinski definition) is 6. The van der Waals surface area contributed by atoms with Crippen LogP contribution in [0.5, 0.6) is 11.5 Å². The van der Waals surface area contributed by atoms with E-state index in [-0.39, 0.29) is 12.0 Å². The molecule has 0 aromatic heterocycles. The van der Waals surface area contributed by atoms with Crippen molar-refractivity contribution in [2.45, 2.75) is 70.9 Å². The molecule has 0 aliphatic carbocycles. The molecule has 2 heterocycles. The van der Waals surface area contributed by atoms with Gasteiger partial charge in [-0.2, -0.15) is 0 Å². The average molecular weight is 530 g/mol. The van der Waals surface area contributed by atoms with Gasteiger partial charge in [0.2, 0.25) is 11.7 Å². The third-order valence-electron chi connectivity index (χ3n) is 6.77. The van der Waals surface area contributed by atoms with Crippen molar-refractivity contribution < 1.29 is 28.5 Å². The summed E-state index contributed by atoms with van der Waals surface area (Å²) in [5, 5.41) is 0.577. The lowest BCUT2D eigenvalue weighted by Crippen LogP contribution is -2.48. The monoisotopic (exact) mass is 529 g/mol. The molecule has 2 aromatic rings. The summed E-state index contributed by atoms with van der Waals surface area (Å²) in [4.78, 5) is 28.2. The molecule has 200 valence electrons. The van der Waals surface area contributed by atoms with Gasteiger partial charge in [-0.1, -0.05) is 35.9 Å². The minimum Gasteiger partial charge on any atom is -0.494 e. The number of aryl methyl sites for hydroxylation is 1. The van der Waals surface area contributed by atoms with Crippen LogP contribution >= 0.6 is 11.6 Å². The van der Waals surface area contributed by atoms with Crippen LogP contribution in [-0.2, 0) is 25.5 Å². The standard InChI is InChI=1S/C29H36ClNO6/c1-4-34-21-14-12-20(13-15-21)8-7-9-23(26-28(33)37-29(2,3)36-26)27(32)31-18-16-22(17-19-31)35-25-11-6-5-10-24(25)30/h5-6,10-15,22-23,26H,4,7-9,16-19H2,1-3H3/t23-,26+/m1/s1. The third-order valence-corrected chi connectivity index (χ3v) is 7.08. The van der Waals surface area contributed by atoms with Crippen molar-refractivity contribution >= 4 is 23.5 Å². The van der Waals surface area contributed by atoms with E-state index in [9.17, 15) is 9.59 Å². The number of likely N-dealkylation sites (tertiary alicyclic amines) is 1. The molecule has 2 aliphatic heterocycles. The number of ether oxygens (including phenoxy) is 4. The number of para-hydroxylation sites is 1. The Balaban J connectivity index is 1.37. The Morgan fingerprint density at radius 3 is 2.46 bits per heavy atom. The zero-order valence-corrected chi connectivity index (χ0v) is 22.5. The van der Waals surface area contributed by atoms with E-state index in [2.05, 4.69) is 0 Å². The fourth-order valence-corrected chi connectivity index (χ4v) is 5.10. The molecular weight excluding hydrogens is 494 g/mol. The molecule has 0 unspecified atom stereocenters. The largest absolute Gasteiger partial charge is 0.494 e. The number of piperidine rings is 1. The Bertz CT molecular complexity index is 1060. The number of cyclic esters (lactones) is 1. The Labute approximate surface area is 224 Å². The molecule has 0 N–H and O–H groups in total. The maximum atomic E-state index is 13.7. The van der Waals surface area contributed by atoms with Crippen molar-refractivity contribution in [1.29, 1.82) is 0 Å². The van der Waals surface area contributed by atoms with Gasteiger partial charge in [0.15, 0.2) is 6.10 Å². The number of rotatable bonds is 10. The number of halogens is 1. The number of carbonyl (C=O) groups excluding carboxylic acids is 2. The van der Waals surface area contributed by atoms with Crippen LogP contribution in [0.4, 0.5) is 0 Å². The van der Waals surface area contributed by atoms with Gasteiger partial charge < -0.3 is 23.8 Å². The lowest BCUT2D eigenvalue weighted by atomic mass is 9.92. The average Bonchev–Trinajstić information content (AvgIpc) is 3.16. The highest BCUT2D eigenvalue weighted by atomic mass is 35.5. The van der Waals surface area contributed by atoms with Gasteiger partial charge in [-0.3, -0.25) is 4.79 Å². The third kappa shape index (κ3) is 7.17. The second-order valence-corrected chi connectivity index (χ2v) is 10.4. The van der Waals surface area contributed by atoms with Gasteiger partial charge in [-0.15, -0.1) is 0 Å². The smallest absolute Gasteiger partial charge is 0.338 e. The molecule has 0 saturated carbocycles. The highest BCUT2D eigenvalue weighted by Crippen LogP contribution is 2.33. The number of amides is 1. The van der Waals surface area contributed by atoms with Gasteiger partial charge in [0.25, 0.3) is 0 Å². The van der Waals surface area contributed by atoms with E-state index in [1.807, 2.05) is 54.3 Å². The molecule has 8 heteroatoms. The summed E-state index contributed by atoms with van der Waals surface area (Å²) in [7, 11) is 0. The molecule has 0 radical (unpaired) electrons. The predicted octanol–water partition coefficient (Wildman–Crippen LogP) is 5.43. The highest BCUT2D eigenvalue weighted by molar-refractivity contribution is 6.32. The molecule has 2 aromatic carbocycles. The van der Waals surface area contributed by atoms with E-state index in [4.69, 9.17) is 30.5 Å². The van der Waals surface area contributed by atoms with Crippen molar-refractivity contribution in [3.63, 3.8) is 0 Å². The van der Waals surface area contributed by atoms with Crippen LogP contribution in [0.3, 0.4) is 0 Å². The fraction of sp³-hybridized carbons (Fsp3) is 0.517. The molecule has 7 nitrogen and oxygen atoms in total. The van der Waals surface area contributed by atoms with Crippen LogP contribution in [0.2, 0.25) is 5.02 Å². The SMILES string of the molecule is CCOc1ccc(CCC[C@@H](C(=O)N2CCC(Oc3ccccc3Cl)CC2)[C@@H]2OC(C)(C)OC2=O)cc1. The van der Waals surface area contributed by atoms with E-state index in [1.54, 1.807) is 19.9 Å². The summed E-state index contributed by atoms with van der Waals surface area (Å²) in [5.41, 5.74) is 1.16. The van der Waals surface area contributed by atoms with E-state index in [0.29, 0.717) is 49.7 Å². The van der Waals surface area contributed by atoms with Gasteiger partial charge in [-0.05, 0) is 56.0 Å². The second-order valence-electron chi connectivity index (χ2n) is 10.0. The summed E-state index contributed by atoms with van der Waals surface area (Å²) in [6, 6.07) is 15.4. The number of hydrogen-bond donors (Lipinski definition) is 0. The van der Waals surface area contributed by atoms with E-state index in [1.165, 1.54) is 0 Å². The Hall–Kier alpha value is -2.77. The number of carbonyl (C=O) groups is 2. The van der Waals surface area contributed by atoms with Gasteiger partial charge in [0.05, 0.1) is 17.5 Å². The zero-order valence-electron chi connectivity index (χ0n) is 21.8. The van der Waals surface area contributed by atoms with Crippen LogP contribution in [0, 0.1) is 5.92 Å². The number of nitrogens with zero attached hydrogens (tertiary/aromatic N) is 1. The van der Waals surface area contributed by atoms with Crippen molar-refractivity contribution in [3.05, 3.63) is 59.1 Å². The first-order chi connectivity index (χ1) is 17.8. The first-order valence-corrected chi connectivity index (χ1v) is 13.5. The van der Waals surface area contributed by atoms with Crippen molar-refractivity contribution in [1.82, 2.24) is 4.90 Å². The first kappa shape index (κ1) is 27.3. The Kier molecular flexibility index (Phi) is 8.98. The van der Waals surface area contributed by atoms with Crippen LogP contribution in [-0.4, -0.2) is 54.5 Å². The molecule has 4 rings (SSSR count). The molecule has 0 spiro atoms. The maximum Gasteiger partial charge on any atom is 0.338 e. The second kappa shape index (κ2) is 12.2. The molecule has 0 bridgehead atoms. The minimum atomic E-state index is -1.04. The van der Waals surface area contributed by atoms with Gasteiger partial charge >= 0.3 is 5.97 Å². The summed E-state index contributed by atoms with van der Waals surface area (Å²) in [5.74, 6) is -0.677. The van der Waals surface area contributed by atoms with Crippen molar-refractivity contribution in [3.8, 4) is 11.5 Å². The topological polar surface area (TPSA) is 74.3 Å². The molecule has 2 saturated heterocycles. The van der Waals surface area contributed by atoms with Crippen LogP contribution in [0.15, 0.2) is 48.5 Å². The quantitative estimate of drug-likeness (QED) is 0.382.